The molecular formula is C16H21FN2O2. The summed E-state index contributed by atoms with van der Waals surface area (Å²) in [7, 11) is 2.10. The van der Waals surface area contributed by atoms with Gasteiger partial charge in [-0.1, -0.05) is 12.1 Å². The summed E-state index contributed by atoms with van der Waals surface area (Å²) in [6.07, 6.45) is 2.41. The third kappa shape index (κ3) is 4.37. The van der Waals surface area contributed by atoms with Gasteiger partial charge in [-0.15, -0.1) is 0 Å². The van der Waals surface area contributed by atoms with Crippen molar-refractivity contribution in [3.05, 3.63) is 41.2 Å². The largest absolute Gasteiger partial charge is 0.478 e. The fourth-order valence-electron chi connectivity index (χ4n) is 2.59. The minimum absolute atomic E-state index is 0.284. The van der Waals surface area contributed by atoms with E-state index in [1.54, 1.807) is 12.1 Å². The normalized spacial score (nSPS) is 21.0. The maximum absolute atomic E-state index is 14.1. The van der Waals surface area contributed by atoms with Gasteiger partial charge in [0.15, 0.2) is 0 Å². The van der Waals surface area contributed by atoms with Crippen LogP contribution in [0, 0.1) is 5.82 Å². The molecule has 1 saturated heterocycles. The topological polar surface area (TPSA) is 43.8 Å². The number of carboxylic acid groups (broad SMARTS) is 1. The number of nitrogens with zero attached hydrogens (tertiary/aromatic N) is 2. The summed E-state index contributed by atoms with van der Waals surface area (Å²) in [6.45, 7) is 5.64. The van der Waals surface area contributed by atoms with Crippen LogP contribution in [0.1, 0.15) is 18.1 Å². The highest BCUT2D eigenvalue weighted by molar-refractivity contribution is 5.85. The quantitative estimate of drug-likeness (QED) is 0.863. The number of aliphatic carboxylic acids is 1. The van der Waals surface area contributed by atoms with Crippen LogP contribution in [0.3, 0.4) is 0 Å². The minimum atomic E-state index is -1.04. The van der Waals surface area contributed by atoms with Gasteiger partial charge in [-0.3, -0.25) is 4.90 Å². The summed E-state index contributed by atoms with van der Waals surface area (Å²) in [4.78, 5) is 15.0. The van der Waals surface area contributed by atoms with Gasteiger partial charge in [0.1, 0.15) is 5.82 Å². The molecule has 1 heterocycles. The monoisotopic (exact) mass is 292 g/mol. The molecule has 0 aromatic heterocycles. The van der Waals surface area contributed by atoms with E-state index >= 15 is 0 Å². The standard InChI is InChI=1S/C16H21FN2O2/c1-12-10-18(2)7-8-19(12)11-14-5-3-13(9-15(14)17)4-6-16(20)21/h3-6,9,12H,7-8,10-11H2,1-2H3,(H,20,21)/b6-4+. The number of likely N-dealkylation sites (N-methyl/N-ethyl adjacent to an activating group) is 1. The zero-order valence-electron chi connectivity index (χ0n) is 12.4. The lowest BCUT2D eigenvalue weighted by molar-refractivity contribution is -0.131. The molecule has 21 heavy (non-hydrogen) atoms. The lowest BCUT2D eigenvalue weighted by Gasteiger charge is -2.38. The van der Waals surface area contributed by atoms with E-state index in [9.17, 15) is 9.18 Å². The van der Waals surface area contributed by atoms with Crippen molar-refractivity contribution in [2.24, 2.45) is 0 Å². The fourth-order valence-corrected chi connectivity index (χ4v) is 2.59. The maximum Gasteiger partial charge on any atom is 0.328 e. The Kier molecular flexibility index (Phi) is 5.09. The third-order valence-corrected chi connectivity index (χ3v) is 3.84. The van der Waals surface area contributed by atoms with E-state index in [2.05, 4.69) is 23.8 Å². The molecule has 1 aliphatic heterocycles. The molecule has 1 N–H and O–H groups in total. The van der Waals surface area contributed by atoms with E-state index in [1.165, 1.54) is 12.1 Å². The SMILES string of the molecule is CC1CN(C)CCN1Cc1ccc(/C=C/C(=O)O)cc1F. The van der Waals surface area contributed by atoms with Crippen LogP contribution in [-0.2, 0) is 11.3 Å². The molecular weight excluding hydrogens is 271 g/mol. The second kappa shape index (κ2) is 6.83. The number of carbonyl (C=O) groups is 1. The van der Waals surface area contributed by atoms with Crippen molar-refractivity contribution in [3.63, 3.8) is 0 Å². The molecule has 1 unspecified atom stereocenters. The van der Waals surface area contributed by atoms with Gasteiger partial charge < -0.3 is 10.0 Å². The van der Waals surface area contributed by atoms with Crippen molar-refractivity contribution >= 4 is 12.0 Å². The first-order valence-corrected chi connectivity index (χ1v) is 7.07. The van der Waals surface area contributed by atoms with E-state index in [0.29, 0.717) is 23.7 Å². The Morgan fingerprint density at radius 1 is 1.48 bits per heavy atom. The summed E-state index contributed by atoms with van der Waals surface area (Å²) in [5.74, 6) is -1.32. The molecule has 0 bridgehead atoms. The molecule has 1 fully saturated rings. The molecule has 1 aromatic rings. The molecule has 0 spiro atoms. The molecule has 0 aliphatic carbocycles. The first kappa shape index (κ1) is 15.7. The van der Waals surface area contributed by atoms with E-state index in [0.717, 1.165) is 25.7 Å². The van der Waals surface area contributed by atoms with E-state index in [-0.39, 0.29) is 5.82 Å². The Morgan fingerprint density at radius 3 is 2.86 bits per heavy atom. The van der Waals surface area contributed by atoms with Gasteiger partial charge in [0.2, 0.25) is 0 Å². The van der Waals surface area contributed by atoms with Crippen molar-refractivity contribution in [3.8, 4) is 0 Å². The Morgan fingerprint density at radius 2 is 2.24 bits per heavy atom. The predicted octanol–water partition coefficient (Wildman–Crippen LogP) is 2.06. The van der Waals surface area contributed by atoms with Gasteiger partial charge >= 0.3 is 5.97 Å². The number of hydrogen-bond donors (Lipinski definition) is 1. The predicted molar refractivity (Wildman–Crippen MR) is 80.4 cm³/mol. The highest BCUT2D eigenvalue weighted by Crippen LogP contribution is 2.17. The summed E-state index contributed by atoms with van der Waals surface area (Å²) in [6, 6.07) is 5.27. The Hall–Kier alpha value is -1.72. The van der Waals surface area contributed by atoms with E-state index in [4.69, 9.17) is 5.11 Å². The summed E-state index contributed by atoms with van der Waals surface area (Å²) in [5, 5.41) is 8.57. The van der Waals surface area contributed by atoms with Gasteiger partial charge in [-0.2, -0.15) is 0 Å². The number of piperazine rings is 1. The van der Waals surface area contributed by atoms with Crippen molar-refractivity contribution < 1.29 is 14.3 Å². The van der Waals surface area contributed by atoms with E-state index < -0.39 is 5.97 Å². The number of carboxylic acids is 1. The smallest absolute Gasteiger partial charge is 0.328 e. The molecule has 1 atom stereocenters. The first-order valence-electron chi connectivity index (χ1n) is 7.07. The van der Waals surface area contributed by atoms with Crippen LogP contribution in [-0.4, -0.2) is 53.6 Å². The first-order chi connectivity index (χ1) is 9.95. The van der Waals surface area contributed by atoms with Crippen molar-refractivity contribution in [2.45, 2.75) is 19.5 Å². The van der Waals surface area contributed by atoms with Crippen molar-refractivity contribution in [1.29, 1.82) is 0 Å². The van der Waals surface area contributed by atoms with E-state index in [1.807, 2.05) is 0 Å². The average Bonchev–Trinajstić information content (AvgIpc) is 2.42. The average molecular weight is 292 g/mol. The second-order valence-corrected chi connectivity index (χ2v) is 5.60. The van der Waals surface area contributed by atoms with Crippen LogP contribution >= 0.6 is 0 Å². The second-order valence-electron chi connectivity index (χ2n) is 5.60. The summed E-state index contributed by atoms with van der Waals surface area (Å²) in [5.41, 5.74) is 1.21. The van der Waals surface area contributed by atoms with Gasteiger partial charge in [-0.25, -0.2) is 9.18 Å². The zero-order chi connectivity index (χ0) is 15.4. The molecule has 1 aromatic carbocycles. The van der Waals surface area contributed by atoms with Crippen LogP contribution in [0.4, 0.5) is 4.39 Å². The summed E-state index contributed by atoms with van der Waals surface area (Å²) < 4.78 is 14.1. The van der Waals surface area contributed by atoms with Crippen LogP contribution in [0.15, 0.2) is 24.3 Å². The Bertz CT molecular complexity index is 545. The van der Waals surface area contributed by atoms with Crippen molar-refractivity contribution in [2.75, 3.05) is 26.7 Å². The highest BCUT2D eigenvalue weighted by Gasteiger charge is 2.22. The lowest BCUT2D eigenvalue weighted by Crippen LogP contribution is -2.49. The molecule has 5 heteroatoms. The van der Waals surface area contributed by atoms with Crippen LogP contribution in [0.5, 0.6) is 0 Å². The lowest BCUT2D eigenvalue weighted by atomic mass is 10.1. The highest BCUT2D eigenvalue weighted by atomic mass is 19.1. The Labute approximate surface area is 124 Å². The van der Waals surface area contributed by atoms with Gasteiger partial charge in [0.25, 0.3) is 0 Å². The molecule has 4 nitrogen and oxygen atoms in total. The van der Waals surface area contributed by atoms with Crippen molar-refractivity contribution in [1.82, 2.24) is 9.80 Å². The molecule has 2 rings (SSSR count). The molecule has 114 valence electrons. The molecule has 0 amide bonds. The number of rotatable bonds is 4. The zero-order valence-corrected chi connectivity index (χ0v) is 12.4. The van der Waals surface area contributed by atoms with Crippen LogP contribution in [0.2, 0.25) is 0 Å². The third-order valence-electron chi connectivity index (χ3n) is 3.84. The molecule has 0 radical (unpaired) electrons. The summed E-state index contributed by atoms with van der Waals surface area (Å²) >= 11 is 0. The van der Waals surface area contributed by atoms with Gasteiger partial charge in [0.05, 0.1) is 0 Å². The molecule has 0 saturated carbocycles. The van der Waals surface area contributed by atoms with Gasteiger partial charge in [0, 0.05) is 43.9 Å². The number of hydrogen-bond acceptors (Lipinski definition) is 3. The minimum Gasteiger partial charge on any atom is -0.478 e. The van der Waals surface area contributed by atoms with Crippen LogP contribution < -0.4 is 0 Å². The number of halogens is 1. The fraction of sp³-hybridized carbons (Fsp3) is 0.438. The maximum atomic E-state index is 14.1. The molecule has 1 aliphatic rings. The number of benzene rings is 1. The van der Waals surface area contributed by atoms with Gasteiger partial charge in [-0.05, 0) is 31.7 Å². The Balaban J connectivity index is 2.05. The van der Waals surface area contributed by atoms with Crippen LogP contribution in [0.25, 0.3) is 6.08 Å².